The molecule has 2 rings (SSSR count). The fourth-order valence-electron chi connectivity index (χ4n) is 1.29. The van der Waals surface area contributed by atoms with Crippen LogP contribution in [0.2, 0.25) is 0 Å². The van der Waals surface area contributed by atoms with Gasteiger partial charge in [-0.25, -0.2) is 14.8 Å². The van der Waals surface area contributed by atoms with E-state index in [4.69, 9.17) is 5.11 Å². The Labute approximate surface area is 159 Å². The minimum absolute atomic E-state index is 0.220. The normalized spacial score (nSPS) is 8.19. The molecule has 0 aromatic carbocycles. The number of aryl methyl sites for hydroxylation is 1. The summed E-state index contributed by atoms with van der Waals surface area (Å²) < 4.78 is 0. The van der Waals surface area contributed by atoms with Gasteiger partial charge in [-0.15, -0.1) is 0 Å². The average molecular weight is 365 g/mol. The van der Waals surface area contributed by atoms with E-state index in [0.717, 1.165) is 5.69 Å². The Kier molecular flexibility index (Phi) is 24.8. The van der Waals surface area contributed by atoms with E-state index >= 15 is 0 Å². The molecular formula is C20H36N4O2. The minimum Gasteiger partial charge on any atom is -0.478 e. The van der Waals surface area contributed by atoms with Crippen molar-refractivity contribution in [2.24, 2.45) is 0 Å². The molecule has 0 aliphatic carbocycles. The summed E-state index contributed by atoms with van der Waals surface area (Å²) in [6.07, 6.45) is 7.36. The molecule has 6 nitrogen and oxygen atoms in total. The average Bonchev–Trinajstić information content (AvgIpc) is 2.67. The van der Waals surface area contributed by atoms with E-state index in [0.29, 0.717) is 0 Å². The highest BCUT2D eigenvalue weighted by Gasteiger charge is 1.97. The minimum atomic E-state index is -0.942. The van der Waals surface area contributed by atoms with Crippen LogP contribution in [0.1, 0.15) is 57.1 Å². The van der Waals surface area contributed by atoms with Crippen molar-refractivity contribution in [3.63, 3.8) is 0 Å². The van der Waals surface area contributed by atoms with Crippen LogP contribution >= 0.6 is 0 Å². The van der Waals surface area contributed by atoms with E-state index in [1.807, 2.05) is 40.7 Å². The lowest BCUT2D eigenvalue weighted by Crippen LogP contribution is -2.11. The molecule has 1 N–H and O–H groups in total. The number of hydrogen-bond donors (Lipinski definition) is 1. The molecule has 0 aliphatic heterocycles. The summed E-state index contributed by atoms with van der Waals surface area (Å²) in [4.78, 5) is 23.6. The van der Waals surface area contributed by atoms with Crippen molar-refractivity contribution in [2.45, 2.75) is 48.0 Å². The number of carboxylic acid groups (broad SMARTS) is 1. The van der Waals surface area contributed by atoms with Gasteiger partial charge in [-0.1, -0.05) is 34.6 Å². The molecule has 26 heavy (non-hydrogen) atoms. The van der Waals surface area contributed by atoms with Gasteiger partial charge in [0.2, 0.25) is 0 Å². The van der Waals surface area contributed by atoms with E-state index in [-0.39, 0.29) is 5.56 Å². The number of rotatable bonds is 3. The Morgan fingerprint density at radius 2 is 1.69 bits per heavy atom. The largest absolute Gasteiger partial charge is 0.478 e. The third-order valence-corrected chi connectivity index (χ3v) is 2.31. The van der Waals surface area contributed by atoms with Gasteiger partial charge in [0.05, 0.1) is 5.56 Å². The molecule has 2 aromatic rings. The number of carbonyl (C=O) groups is 1. The van der Waals surface area contributed by atoms with Crippen molar-refractivity contribution < 1.29 is 9.90 Å². The number of pyridine rings is 1. The van der Waals surface area contributed by atoms with Gasteiger partial charge in [0.1, 0.15) is 6.33 Å². The monoisotopic (exact) mass is 364 g/mol. The van der Waals surface area contributed by atoms with E-state index in [1.165, 1.54) is 37.8 Å². The maximum Gasteiger partial charge on any atom is 0.337 e. The van der Waals surface area contributed by atoms with Crippen molar-refractivity contribution in [3.8, 4) is 0 Å². The first kappa shape index (κ1) is 28.5. The fraction of sp³-hybridized carbons (Fsp3) is 0.500. The molecule has 0 saturated heterocycles. The summed E-state index contributed by atoms with van der Waals surface area (Å²) in [6, 6.07) is 4.94. The Bertz CT molecular complexity index is 506. The van der Waals surface area contributed by atoms with Gasteiger partial charge in [0.15, 0.2) is 0 Å². The second-order valence-corrected chi connectivity index (χ2v) is 4.70. The summed E-state index contributed by atoms with van der Waals surface area (Å²) >= 11 is 0. The topological polar surface area (TPSA) is 79.2 Å². The van der Waals surface area contributed by atoms with Crippen molar-refractivity contribution in [1.29, 1.82) is 0 Å². The zero-order chi connectivity index (χ0) is 20.8. The first-order chi connectivity index (χ1) is 12.5. The Hall–Kier alpha value is -2.34. The zero-order valence-electron chi connectivity index (χ0n) is 17.6. The SMILES string of the molecule is CC.CC.CCCN(C)C.Cc1ccncn1.O=C(O)c1cccnc1. The lowest BCUT2D eigenvalue weighted by Gasteiger charge is -2.03. The molecule has 0 saturated carbocycles. The predicted octanol–water partition coefficient (Wildman–Crippen LogP) is 4.58. The number of carboxylic acids is 1. The second kappa shape index (κ2) is 22.7. The van der Waals surface area contributed by atoms with Crippen LogP contribution in [-0.4, -0.2) is 51.6 Å². The summed E-state index contributed by atoms with van der Waals surface area (Å²) in [5.41, 5.74) is 1.23. The fourth-order valence-corrected chi connectivity index (χ4v) is 1.29. The maximum atomic E-state index is 10.2. The number of aromatic nitrogens is 3. The molecule has 2 aromatic heterocycles. The maximum absolute atomic E-state index is 10.2. The Morgan fingerprint density at radius 3 is 1.88 bits per heavy atom. The molecule has 6 heteroatoms. The summed E-state index contributed by atoms with van der Waals surface area (Å²) in [5.74, 6) is -0.942. The van der Waals surface area contributed by atoms with Gasteiger partial charge in [-0.05, 0) is 52.2 Å². The summed E-state index contributed by atoms with van der Waals surface area (Å²) in [5, 5.41) is 8.34. The molecule has 0 fully saturated rings. The van der Waals surface area contributed by atoms with Crippen molar-refractivity contribution in [1.82, 2.24) is 19.9 Å². The molecule has 2 heterocycles. The van der Waals surface area contributed by atoms with Crippen LogP contribution in [0.5, 0.6) is 0 Å². The van der Waals surface area contributed by atoms with Gasteiger partial charge in [0, 0.05) is 24.3 Å². The highest BCUT2D eigenvalue weighted by atomic mass is 16.4. The lowest BCUT2D eigenvalue weighted by molar-refractivity contribution is 0.0696. The van der Waals surface area contributed by atoms with Crippen molar-refractivity contribution in [2.75, 3.05) is 20.6 Å². The second-order valence-electron chi connectivity index (χ2n) is 4.70. The Morgan fingerprint density at radius 1 is 1.08 bits per heavy atom. The Balaban J connectivity index is -0.000000283. The molecule has 148 valence electrons. The molecule has 0 aliphatic rings. The van der Waals surface area contributed by atoms with E-state index < -0.39 is 5.97 Å². The molecule has 0 radical (unpaired) electrons. The summed E-state index contributed by atoms with van der Waals surface area (Å²) in [6.45, 7) is 13.3. The number of hydrogen-bond acceptors (Lipinski definition) is 5. The molecule has 0 unspecified atom stereocenters. The van der Waals surface area contributed by atoms with Crippen LogP contribution in [0.3, 0.4) is 0 Å². The molecule has 0 atom stereocenters. The van der Waals surface area contributed by atoms with Gasteiger partial charge in [-0.2, -0.15) is 0 Å². The van der Waals surface area contributed by atoms with E-state index in [9.17, 15) is 4.79 Å². The predicted molar refractivity (Wildman–Crippen MR) is 110 cm³/mol. The third kappa shape index (κ3) is 21.7. The van der Waals surface area contributed by atoms with Gasteiger partial charge >= 0.3 is 5.97 Å². The van der Waals surface area contributed by atoms with Crippen LogP contribution in [0.4, 0.5) is 0 Å². The quantitative estimate of drug-likeness (QED) is 0.859. The van der Waals surface area contributed by atoms with Crippen LogP contribution in [0.25, 0.3) is 0 Å². The van der Waals surface area contributed by atoms with Gasteiger partial charge in [0.25, 0.3) is 0 Å². The van der Waals surface area contributed by atoms with E-state index in [1.54, 1.807) is 12.3 Å². The van der Waals surface area contributed by atoms with Gasteiger partial charge in [-0.3, -0.25) is 4.98 Å². The van der Waals surface area contributed by atoms with Crippen molar-refractivity contribution >= 4 is 5.97 Å². The molecular weight excluding hydrogens is 328 g/mol. The number of nitrogens with zero attached hydrogens (tertiary/aromatic N) is 4. The zero-order valence-corrected chi connectivity index (χ0v) is 17.6. The standard InChI is InChI=1S/C6H5NO2.C5H6N2.C5H13N.2C2H6/c8-6(9)5-2-1-3-7-4-5;1-5-2-3-6-4-7-5;1-4-5-6(2)3;2*1-2/h1-4H,(H,8,9);2-4H,1H3;4-5H2,1-3H3;2*1-2H3. The smallest absolute Gasteiger partial charge is 0.337 e. The van der Waals surface area contributed by atoms with Crippen LogP contribution in [0.15, 0.2) is 43.1 Å². The first-order valence-corrected chi connectivity index (χ1v) is 8.98. The number of aromatic carboxylic acids is 1. The van der Waals surface area contributed by atoms with Crippen molar-refractivity contribution in [3.05, 3.63) is 54.4 Å². The lowest BCUT2D eigenvalue weighted by atomic mass is 10.3. The third-order valence-electron chi connectivity index (χ3n) is 2.31. The highest BCUT2D eigenvalue weighted by Crippen LogP contribution is 1.92. The highest BCUT2D eigenvalue weighted by molar-refractivity contribution is 5.86. The van der Waals surface area contributed by atoms with Crippen LogP contribution in [0, 0.1) is 6.92 Å². The van der Waals surface area contributed by atoms with Crippen LogP contribution < -0.4 is 0 Å². The first-order valence-electron chi connectivity index (χ1n) is 8.98. The molecule has 0 amide bonds. The van der Waals surface area contributed by atoms with E-state index in [2.05, 4.69) is 40.9 Å². The summed E-state index contributed by atoms with van der Waals surface area (Å²) in [7, 11) is 4.17. The molecule has 0 spiro atoms. The van der Waals surface area contributed by atoms with Gasteiger partial charge < -0.3 is 10.0 Å². The van der Waals surface area contributed by atoms with Crippen LogP contribution in [-0.2, 0) is 0 Å². The molecule has 0 bridgehead atoms.